The van der Waals surface area contributed by atoms with E-state index in [1.165, 1.54) is 11.3 Å². The predicted molar refractivity (Wildman–Crippen MR) is 88.6 cm³/mol. The molecule has 0 amide bonds. The summed E-state index contributed by atoms with van der Waals surface area (Å²) in [5.41, 5.74) is 3.43. The van der Waals surface area contributed by atoms with Crippen molar-refractivity contribution < 1.29 is 0 Å². The Morgan fingerprint density at radius 3 is 2.76 bits per heavy atom. The van der Waals surface area contributed by atoms with Crippen molar-refractivity contribution in [3.05, 3.63) is 35.0 Å². The SMILES string of the molecule is CCn1ncc2c1Nc1cc(Cl)ccc1N(C(C)(C)C)C2. The maximum atomic E-state index is 6.19. The second-order valence-electron chi connectivity index (χ2n) is 6.38. The average Bonchev–Trinajstić information content (AvgIpc) is 2.70. The summed E-state index contributed by atoms with van der Waals surface area (Å²) >= 11 is 6.19. The maximum absolute atomic E-state index is 6.19. The molecule has 112 valence electrons. The molecule has 4 nitrogen and oxygen atoms in total. The average molecular weight is 305 g/mol. The van der Waals surface area contributed by atoms with Crippen molar-refractivity contribution in [3.8, 4) is 0 Å². The zero-order valence-electron chi connectivity index (χ0n) is 12.9. The molecule has 1 aromatic heterocycles. The number of rotatable bonds is 1. The lowest BCUT2D eigenvalue weighted by Crippen LogP contribution is -2.40. The number of anilines is 3. The Morgan fingerprint density at radius 2 is 2.10 bits per heavy atom. The summed E-state index contributed by atoms with van der Waals surface area (Å²) in [7, 11) is 0. The molecule has 0 radical (unpaired) electrons. The lowest BCUT2D eigenvalue weighted by molar-refractivity contribution is 0.503. The molecule has 1 N–H and O–H groups in total. The van der Waals surface area contributed by atoms with Crippen LogP contribution in [0.5, 0.6) is 0 Å². The van der Waals surface area contributed by atoms with E-state index < -0.39 is 0 Å². The number of halogens is 1. The molecule has 0 unspecified atom stereocenters. The Kier molecular flexibility index (Phi) is 3.36. The smallest absolute Gasteiger partial charge is 0.133 e. The maximum Gasteiger partial charge on any atom is 0.133 e. The van der Waals surface area contributed by atoms with Crippen LogP contribution in [0.1, 0.15) is 33.3 Å². The molecule has 21 heavy (non-hydrogen) atoms. The first-order chi connectivity index (χ1) is 9.90. The fourth-order valence-electron chi connectivity index (χ4n) is 2.75. The number of nitrogens with one attached hydrogen (secondary N) is 1. The summed E-state index contributed by atoms with van der Waals surface area (Å²) < 4.78 is 1.99. The van der Waals surface area contributed by atoms with Crippen molar-refractivity contribution in [2.24, 2.45) is 0 Å². The topological polar surface area (TPSA) is 33.1 Å². The van der Waals surface area contributed by atoms with Crippen molar-refractivity contribution in [1.82, 2.24) is 9.78 Å². The van der Waals surface area contributed by atoms with Gasteiger partial charge >= 0.3 is 0 Å². The van der Waals surface area contributed by atoms with E-state index in [-0.39, 0.29) is 5.54 Å². The monoisotopic (exact) mass is 304 g/mol. The standard InChI is InChI=1S/C16H21ClN4/c1-5-21-15-11(9-18-21)10-20(16(2,3)4)14-7-6-12(17)8-13(14)19-15/h6-9,19H,5,10H2,1-4H3. The molecule has 1 aliphatic rings. The largest absolute Gasteiger partial charge is 0.360 e. The minimum Gasteiger partial charge on any atom is -0.360 e. The fraction of sp³-hybridized carbons (Fsp3) is 0.438. The Morgan fingerprint density at radius 1 is 1.33 bits per heavy atom. The van der Waals surface area contributed by atoms with Crippen molar-refractivity contribution in [2.45, 2.75) is 46.3 Å². The molecular weight excluding hydrogens is 284 g/mol. The van der Waals surface area contributed by atoms with Crippen LogP contribution in [0, 0.1) is 0 Å². The van der Waals surface area contributed by atoms with Crippen LogP contribution in [0.2, 0.25) is 5.02 Å². The summed E-state index contributed by atoms with van der Waals surface area (Å²) in [6.07, 6.45) is 1.96. The van der Waals surface area contributed by atoms with Gasteiger partial charge in [0.2, 0.25) is 0 Å². The molecule has 3 rings (SSSR count). The number of hydrogen-bond acceptors (Lipinski definition) is 3. The molecule has 0 saturated carbocycles. The minimum atomic E-state index is 0.0141. The summed E-state index contributed by atoms with van der Waals surface area (Å²) in [5.74, 6) is 1.06. The molecule has 5 heteroatoms. The van der Waals surface area contributed by atoms with Crippen molar-refractivity contribution in [1.29, 1.82) is 0 Å². The second kappa shape index (κ2) is 4.95. The van der Waals surface area contributed by atoms with Gasteiger partial charge in [-0.25, -0.2) is 4.68 Å². The highest BCUT2D eigenvalue weighted by molar-refractivity contribution is 6.31. The Hall–Kier alpha value is -1.68. The molecule has 0 atom stereocenters. The Bertz CT molecular complexity index is 669. The second-order valence-corrected chi connectivity index (χ2v) is 6.81. The first kappa shape index (κ1) is 14.3. The number of benzene rings is 1. The van der Waals surface area contributed by atoms with Crippen molar-refractivity contribution in [2.75, 3.05) is 10.2 Å². The Balaban J connectivity index is 2.18. The van der Waals surface area contributed by atoms with Gasteiger partial charge in [0.05, 0.1) is 17.6 Å². The van der Waals surface area contributed by atoms with Crippen LogP contribution in [0.25, 0.3) is 0 Å². The lowest BCUT2D eigenvalue weighted by atomic mass is 10.0. The third-order valence-corrected chi connectivity index (χ3v) is 4.09. The van der Waals surface area contributed by atoms with Crippen molar-refractivity contribution >= 4 is 28.8 Å². The number of hydrogen-bond donors (Lipinski definition) is 1. The van der Waals surface area contributed by atoms with Gasteiger partial charge < -0.3 is 10.2 Å². The van der Waals surface area contributed by atoms with Gasteiger partial charge in [0.15, 0.2) is 0 Å². The Labute approximate surface area is 130 Å². The third-order valence-electron chi connectivity index (χ3n) is 3.86. The number of aryl methyl sites for hydroxylation is 1. The molecule has 0 fully saturated rings. The van der Waals surface area contributed by atoms with Crippen LogP contribution in [0.4, 0.5) is 17.2 Å². The predicted octanol–water partition coefficient (Wildman–Crippen LogP) is 4.42. The number of fused-ring (bicyclic) bond motifs is 2. The van der Waals surface area contributed by atoms with E-state index in [9.17, 15) is 0 Å². The van der Waals surface area contributed by atoms with Crippen LogP contribution < -0.4 is 10.2 Å². The van der Waals surface area contributed by atoms with E-state index in [0.29, 0.717) is 0 Å². The quantitative estimate of drug-likeness (QED) is 0.846. The van der Waals surface area contributed by atoms with E-state index in [0.717, 1.165) is 29.6 Å². The van der Waals surface area contributed by atoms with Crippen LogP contribution in [-0.4, -0.2) is 15.3 Å². The number of aromatic nitrogens is 2. The van der Waals surface area contributed by atoms with E-state index in [2.05, 4.69) is 49.1 Å². The highest BCUT2D eigenvalue weighted by atomic mass is 35.5. The minimum absolute atomic E-state index is 0.0141. The van der Waals surface area contributed by atoms with Gasteiger partial charge in [0.1, 0.15) is 5.82 Å². The highest BCUT2D eigenvalue weighted by Gasteiger charge is 2.29. The van der Waals surface area contributed by atoms with Gasteiger partial charge in [-0.3, -0.25) is 0 Å². The van der Waals surface area contributed by atoms with Crippen molar-refractivity contribution in [3.63, 3.8) is 0 Å². The molecule has 0 aliphatic carbocycles. The zero-order valence-corrected chi connectivity index (χ0v) is 13.7. The summed E-state index contributed by atoms with van der Waals surface area (Å²) in [5, 5.41) is 8.72. The number of nitrogens with zero attached hydrogens (tertiary/aromatic N) is 3. The molecule has 2 heterocycles. The normalized spacial score (nSPS) is 14.2. The van der Waals surface area contributed by atoms with Gasteiger partial charge in [0.25, 0.3) is 0 Å². The van der Waals surface area contributed by atoms with Crippen LogP contribution >= 0.6 is 11.6 Å². The van der Waals surface area contributed by atoms with E-state index >= 15 is 0 Å². The van der Waals surface area contributed by atoms with Gasteiger partial charge in [-0.2, -0.15) is 5.10 Å². The summed E-state index contributed by atoms with van der Waals surface area (Å²) in [6.45, 7) is 10.4. The molecule has 0 bridgehead atoms. The van der Waals surface area contributed by atoms with Gasteiger partial charge in [0, 0.05) is 29.2 Å². The third kappa shape index (κ3) is 2.48. The summed E-state index contributed by atoms with van der Waals surface area (Å²) in [6, 6.07) is 6.02. The summed E-state index contributed by atoms with van der Waals surface area (Å²) in [4.78, 5) is 2.39. The molecule has 1 aromatic carbocycles. The molecule has 1 aliphatic heterocycles. The molecule has 0 saturated heterocycles. The van der Waals surface area contributed by atoms with Gasteiger partial charge in [-0.15, -0.1) is 0 Å². The molecular formula is C16H21ClN4. The first-order valence-electron chi connectivity index (χ1n) is 7.29. The molecule has 0 spiro atoms. The lowest BCUT2D eigenvalue weighted by Gasteiger charge is -2.37. The van der Waals surface area contributed by atoms with Gasteiger partial charge in [-0.1, -0.05) is 11.6 Å². The van der Waals surface area contributed by atoms with Crippen LogP contribution in [-0.2, 0) is 13.1 Å². The van der Waals surface area contributed by atoms with E-state index in [1.807, 2.05) is 23.0 Å². The van der Waals surface area contributed by atoms with E-state index in [4.69, 9.17) is 11.6 Å². The van der Waals surface area contributed by atoms with Crippen LogP contribution in [0.3, 0.4) is 0 Å². The first-order valence-corrected chi connectivity index (χ1v) is 7.67. The van der Waals surface area contributed by atoms with E-state index in [1.54, 1.807) is 0 Å². The van der Waals surface area contributed by atoms with Crippen LogP contribution in [0.15, 0.2) is 24.4 Å². The highest BCUT2D eigenvalue weighted by Crippen LogP contribution is 2.40. The zero-order chi connectivity index (χ0) is 15.2. The molecule has 2 aromatic rings. The fourth-order valence-corrected chi connectivity index (χ4v) is 2.92. The van der Waals surface area contributed by atoms with Gasteiger partial charge in [-0.05, 0) is 45.9 Å².